The molecule has 0 atom stereocenters. The van der Waals surface area contributed by atoms with E-state index in [1.807, 2.05) is 0 Å². The highest BCUT2D eigenvalue weighted by molar-refractivity contribution is 7.92. The largest absolute Gasteiger partial charge is 0.349 e. The van der Waals surface area contributed by atoms with Gasteiger partial charge in [-0.05, 0) is 42.5 Å². The molecule has 0 aliphatic heterocycles. The van der Waals surface area contributed by atoms with Crippen molar-refractivity contribution in [3.63, 3.8) is 0 Å². The van der Waals surface area contributed by atoms with Crippen molar-refractivity contribution in [3.8, 4) is 0 Å². The van der Waals surface area contributed by atoms with Crippen molar-refractivity contribution in [3.05, 3.63) is 71.8 Å². The first-order valence-electron chi connectivity index (χ1n) is 6.70. The van der Waals surface area contributed by atoms with Gasteiger partial charge in [-0.3, -0.25) is 9.52 Å². The minimum absolute atomic E-state index is 0.0535. The Bertz CT molecular complexity index is 817. The minimum atomic E-state index is -3.75. The zero-order valence-electron chi connectivity index (χ0n) is 12.1. The van der Waals surface area contributed by atoms with Crippen LogP contribution < -0.4 is 10.0 Å². The molecule has 0 saturated heterocycles. The summed E-state index contributed by atoms with van der Waals surface area (Å²) >= 11 is 5.83. The number of rotatable bonds is 6. The lowest BCUT2D eigenvalue weighted by atomic mass is 10.2. The number of halogens is 1. The quantitative estimate of drug-likeness (QED) is 0.786. The number of hydrogen-bond acceptors (Lipinski definition) is 3. The number of benzene rings is 2. The number of nitrogens with one attached hydrogen (secondary N) is 2. The molecule has 2 aromatic carbocycles. The van der Waals surface area contributed by atoms with E-state index in [4.69, 9.17) is 11.6 Å². The molecule has 2 aromatic rings. The summed E-state index contributed by atoms with van der Waals surface area (Å²) in [6.07, 6.45) is 1.56. The summed E-state index contributed by atoms with van der Waals surface area (Å²) in [7, 11) is -3.75. The van der Waals surface area contributed by atoms with E-state index in [2.05, 4.69) is 16.6 Å². The van der Waals surface area contributed by atoms with E-state index in [0.717, 1.165) is 0 Å². The molecular formula is C16H15ClN2O3S. The van der Waals surface area contributed by atoms with Crippen molar-refractivity contribution < 1.29 is 13.2 Å². The molecule has 0 radical (unpaired) electrons. The molecule has 0 aliphatic carbocycles. The third-order valence-corrected chi connectivity index (χ3v) is 4.54. The van der Waals surface area contributed by atoms with E-state index in [9.17, 15) is 13.2 Å². The Morgan fingerprint density at radius 3 is 2.48 bits per heavy atom. The number of amides is 1. The molecule has 7 heteroatoms. The van der Waals surface area contributed by atoms with Crippen LogP contribution in [-0.4, -0.2) is 20.9 Å². The Kier molecular flexibility index (Phi) is 5.41. The second-order valence-electron chi connectivity index (χ2n) is 4.64. The van der Waals surface area contributed by atoms with Crippen LogP contribution in [0.15, 0.2) is 66.1 Å². The van der Waals surface area contributed by atoms with Crippen molar-refractivity contribution in [1.82, 2.24) is 5.32 Å². The van der Waals surface area contributed by atoms with Crippen LogP contribution >= 0.6 is 11.6 Å². The predicted octanol–water partition coefficient (Wildman–Crippen LogP) is 3.06. The molecule has 2 N–H and O–H groups in total. The normalized spacial score (nSPS) is 10.8. The molecule has 0 unspecified atom stereocenters. The van der Waals surface area contributed by atoms with Crippen LogP contribution in [0.25, 0.3) is 0 Å². The summed E-state index contributed by atoms with van der Waals surface area (Å²) < 4.78 is 27.0. The average molecular weight is 351 g/mol. The van der Waals surface area contributed by atoms with Gasteiger partial charge in [0, 0.05) is 17.1 Å². The summed E-state index contributed by atoms with van der Waals surface area (Å²) in [5.41, 5.74) is 0.735. The first-order valence-corrected chi connectivity index (χ1v) is 8.56. The van der Waals surface area contributed by atoms with E-state index in [0.29, 0.717) is 22.8 Å². The molecule has 1 amide bonds. The first kappa shape index (κ1) is 17.1. The van der Waals surface area contributed by atoms with Crippen LogP contribution in [-0.2, 0) is 10.0 Å². The molecular weight excluding hydrogens is 336 g/mol. The molecule has 0 saturated carbocycles. The van der Waals surface area contributed by atoms with Gasteiger partial charge in [0.25, 0.3) is 15.9 Å². The van der Waals surface area contributed by atoms with E-state index < -0.39 is 10.0 Å². The van der Waals surface area contributed by atoms with E-state index in [-0.39, 0.29) is 10.8 Å². The van der Waals surface area contributed by atoms with Gasteiger partial charge in [-0.25, -0.2) is 8.42 Å². The summed E-state index contributed by atoms with van der Waals surface area (Å²) in [6, 6.07) is 12.0. The first-order chi connectivity index (χ1) is 10.9. The maximum Gasteiger partial charge on any atom is 0.261 e. The predicted molar refractivity (Wildman–Crippen MR) is 91.2 cm³/mol. The molecule has 0 heterocycles. The minimum Gasteiger partial charge on any atom is -0.349 e. The van der Waals surface area contributed by atoms with Gasteiger partial charge in [0.1, 0.15) is 0 Å². The third-order valence-electron chi connectivity index (χ3n) is 2.91. The number of sulfonamides is 1. The lowest BCUT2D eigenvalue weighted by Gasteiger charge is -2.09. The van der Waals surface area contributed by atoms with Gasteiger partial charge in [0.15, 0.2) is 0 Å². The van der Waals surface area contributed by atoms with Crippen LogP contribution in [0.4, 0.5) is 5.69 Å². The molecule has 5 nitrogen and oxygen atoms in total. The summed E-state index contributed by atoms with van der Waals surface area (Å²) in [4.78, 5) is 11.8. The van der Waals surface area contributed by atoms with Crippen LogP contribution in [0, 0.1) is 0 Å². The van der Waals surface area contributed by atoms with Crippen LogP contribution in [0.5, 0.6) is 0 Å². The van der Waals surface area contributed by atoms with Crippen molar-refractivity contribution >= 4 is 33.2 Å². The van der Waals surface area contributed by atoms with Crippen molar-refractivity contribution in [2.24, 2.45) is 0 Å². The number of anilines is 1. The van der Waals surface area contributed by atoms with Gasteiger partial charge < -0.3 is 5.32 Å². The monoisotopic (exact) mass is 350 g/mol. The van der Waals surface area contributed by atoms with Gasteiger partial charge in [0.05, 0.1) is 10.6 Å². The zero-order chi connectivity index (χ0) is 16.9. The van der Waals surface area contributed by atoms with E-state index >= 15 is 0 Å². The Labute approximate surface area is 140 Å². The van der Waals surface area contributed by atoms with Gasteiger partial charge in [-0.15, -0.1) is 6.58 Å². The highest BCUT2D eigenvalue weighted by Gasteiger charge is 2.15. The number of carbonyl (C=O) groups is 1. The van der Waals surface area contributed by atoms with Crippen molar-refractivity contribution in [2.45, 2.75) is 4.90 Å². The van der Waals surface area contributed by atoms with Crippen molar-refractivity contribution in [2.75, 3.05) is 11.3 Å². The third kappa shape index (κ3) is 4.58. The Morgan fingerprint density at radius 2 is 1.87 bits per heavy atom. The standard InChI is InChI=1S/C16H15ClN2O3S/c1-2-10-18-16(20)12-6-8-15(9-7-12)23(21,22)19-14-5-3-4-13(17)11-14/h2-9,11,19H,1,10H2,(H,18,20). The van der Waals surface area contributed by atoms with E-state index in [1.165, 1.54) is 30.3 Å². The molecule has 120 valence electrons. The second-order valence-corrected chi connectivity index (χ2v) is 6.76. The summed E-state index contributed by atoms with van der Waals surface area (Å²) in [6.45, 7) is 3.85. The summed E-state index contributed by atoms with van der Waals surface area (Å²) in [5, 5.41) is 3.05. The van der Waals surface area contributed by atoms with Gasteiger partial charge in [-0.1, -0.05) is 23.7 Å². The van der Waals surface area contributed by atoms with Gasteiger partial charge in [0.2, 0.25) is 0 Å². The molecule has 0 fully saturated rings. The van der Waals surface area contributed by atoms with Crippen LogP contribution in [0.2, 0.25) is 5.02 Å². The lowest BCUT2D eigenvalue weighted by molar-refractivity contribution is 0.0958. The van der Waals surface area contributed by atoms with Gasteiger partial charge >= 0.3 is 0 Å². The van der Waals surface area contributed by atoms with Crippen LogP contribution in [0.1, 0.15) is 10.4 Å². The Morgan fingerprint density at radius 1 is 1.17 bits per heavy atom. The maximum atomic E-state index is 12.3. The zero-order valence-corrected chi connectivity index (χ0v) is 13.7. The van der Waals surface area contributed by atoms with Crippen molar-refractivity contribution in [1.29, 1.82) is 0 Å². The molecule has 23 heavy (non-hydrogen) atoms. The fourth-order valence-corrected chi connectivity index (χ4v) is 3.06. The maximum absolute atomic E-state index is 12.3. The fraction of sp³-hybridized carbons (Fsp3) is 0.0625. The average Bonchev–Trinajstić information content (AvgIpc) is 2.52. The van der Waals surface area contributed by atoms with E-state index in [1.54, 1.807) is 24.3 Å². The fourth-order valence-electron chi connectivity index (χ4n) is 1.82. The lowest BCUT2D eigenvalue weighted by Crippen LogP contribution is -2.23. The molecule has 2 rings (SSSR count). The highest BCUT2D eigenvalue weighted by atomic mass is 35.5. The topological polar surface area (TPSA) is 75.3 Å². The second kappa shape index (κ2) is 7.30. The molecule has 0 spiro atoms. The molecule has 0 aliphatic rings. The SMILES string of the molecule is C=CCNC(=O)c1ccc(S(=O)(=O)Nc2cccc(Cl)c2)cc1. The number of hydrogen-bond donors (Lipinski definition) is 2. The number of carbonyl (C=O) groups excluding carboxylic acids is 1. The smallest absolute Gasteiger partial charge is 0.261 e. The molecule has 0 aromatic heterocycles. The summed E-state index contributed by atoms with van der Waals surface area (Å²) in [5.74, 6) is -0.295. The Hall–Kier alpha value is -2.31. The molecule has 0 bridgehead atoms. The highest BCUT2D eigenvalue weighted by Crippen LogP contribution is 2.19. The van der Waals surface area contributed by atoms with Gasteiger partial charge in [-0.2, -0.15) is 0 Å². The Balaban J connectivity index is 2.17. The van der Waals surface area contributed by atoms with Crippen LogP contribution in [0.3, 0.4) is 0 Å².